The van der Waals surface area contributed by atoms with Gasteiger partial charge in [0.05, 0.1) is 11.4 Å². The van der Waals surface area contributed by atoms with Crippen LogP contribution in [0.3, 0.4) is 0 Å². The molecule has 0 atom stereocenters. The number of nitrogens with two attached hydrogens (primary N) is 1. The molecule has 1 amide bonds. The molecule has 3 N–H and O–H groups in total. The van der Waals surface area contributed by atoms with Gasteiger partial charge in [-0.1, -0.05) is 18.6 Å². The van der Waals surface area contributed by atoms with Crippen molar-refractivity contribution < 1.29 is 4.79 Å². The average Bonchev–Trinajstić information content (AvgIpc) is 2.18. The Morgan fingerprint density at radius 3 is 2.81 bits per heavy atom. The number of nitrogen functional groups attached to an aromatic ring is 1. The molecule has 0 bridgehead atoms. The van der Waals surface area contributed by atoms with Gasteiger partial charge in [-0.3, -0.25) is 4.79 Å². The molecule has 1 aliphatic carbocycles. The van der Waals surface area contributed by atoms with E-state index < -0.39 is 0 Å². The lowest BCUT2D eigenvalue weighted by molar-refractivity contribution is -0.117. The maximum Gasteiger partial charge on any atom is 0.224 e. The van der Waals surface area contributed by atoms with Gasteiger partial charge in [-0.05, 0) is 37.3 Å². The van der Waals surface area contributed by atoms with E-state index in [0.717, 1.165) is 11.3 Å². The van der Waals surface area contributed by atoms with Gasteiger partial charge in [0, 0.05) is 6.42 Å². The number of carbonyl (C=O) groups excluding carboxylic acids is 1. The molecule has 0 aliphatic heterocycles. The fourth-order valence-electron chi connectivity index (χ4n) is 2.01. The van der Waals surface area contributed by atoms with Gasteiger partial charge in [-0.15, -0.1) is 0 Å². The van der Waals surface area contributed by atoms with Crippen LogP contribution in [0.25, 0.3) is 0 Å². The fourth-order valence-corrected chi connectivity index (χ4v) is 2.01. The van der Waals surface area contributed by atoms with Crippen molar-refractivity contribution in [3.63, 3.8) is 0 Å². The molecule has 1 aliphatic rings. The van der Waals surface area contributed by atoms with E-state index in [1.165, 1.54) is 19.3 Å². The van der Waals surface area contributed by atoms with Crippen molar-refractivity contribution in [3.8, 4) is 0 Å². The van der Waals surface area contributed by atoms with Crippen LogP contribution >= 0.6 is 0 Å². The zero-order chi connectivity index (χ0) is 11.5. The second-order valence-corrected chi connectivity index (χ2v) is 4.59. The third kappa shape index (κ3) is 2.35. The van der Waals surface area contributed by atoms with Crippen molar-refractivity contribution >= 4 is 17.3 Å². The van der Waals surface area contributed by atoms with Gasteiger partial charge in [-0.25, -0.2) is 0 Å². The van der Waals surface area contributed by atoms with Crippen LogP contribution in [0.15, 0.2) is 18.2 Å². The number of hydrogen-bond acceptors (Lipinski definition) is 2. The summed E-state index contributed by atoms with van der Waals surface area (Å²) in [4.78, 5) is 11.8. The Kier molecular flexibility index (Phi) is 3.13. The van der Waals surface area contributed by atoms with Gasteiger partial charge in [0.1, 0.15) is 0 Å². The molecule has 0 heterocycles. The highest BCUT2D eigenvalue weighted by atomic mass is 16.1. The van der Waals surface area contributed by atoms with E-state index in [-0.39, 0.29) is 5.91 Å². The first-order valence-electron chi connectivity index (χ1n) is 5.82. The minimum atomic E-state index is 0.0886. The van der Waals surface area contributed by atoms with Crippen molar-refractivity contribution in [3.05, 3.63) is 23.8 Å². The summed E-state index contributed by atoms with van der Waals surface area (Å²) in [7, 11) is 0. The molecule has 1 saturated carbocycles. The van der Waals surface area contributed by atoms with Gasteiger partial charge in [0.2, 0.25) is 5.91 Å². The second-order valence-electron chi connectivity index (χ2n) is 4.59. The van der Waals surface area contributed by atoms with Crippen LogP contribution < -0.4 is 11.1 Å². The number of rotatable bonds is 3. The molecule has 2 rings (SSSR count). The molecule has 0 saturated heterocycles. The molecular weight excluding hydrogens is 200 g/mol. The van der Waals surface area contributed by atoms with Gasteiger partial charge >= 0.3 is 0 Å². The van der Waals surface area contributed by atoms with Crippen LogP contribution in [0, 0.1) is 12.8 Å². The quantitative estimate of drug-likeness (QED) is 0.766. The minimum Gasteiger partial charge on any atom is -0.397 e. The Morgan fingerprint density at radius 1 is 1.50 bits per heavy atom. The number of para-hydroxylation sites is 1. The van der Waals surface area contributed by atoms with E-state index in [2.05, 4.69) is 5.32 Å². The summed E-state index contributed by atoms with van der Waals surface area (Å²) in [6, 6.07) is 5.66. The first kappa shape index (κ1) is 11.0. The maximum absolute atomic E-state index is 11.8. The average molecular weight is 218 g/mol. The summed E-state index contributed by atoms with van der Waals surface area (Å²) in [5, 5.41) is 2.91. The van der Waals surface area contributed by atoms with Crippen LogP contribution in [0.1, 0.15) is 31.2 Å². The van der Waals surface area contributed by atoms with Crippen molar-refractivity contribution in [1.82, 2.24) is 0 Å². The molecule has 0 aromatic heterocycles. The summed E-state index contributed by atoms with van der Waals surface area (Å²) < 4.78 is 0. The summed E-state index contributed by atoms with van der Waals surface area (Å²) in [6.45, 7) is 1.95. The number of carbonyl (C=O) groups is 1. The summed E-state index contributed by atoms with van der Waals surface area (Å²) >= 11 is 0. The van der Waals surface area contributed by atoms with E-state index in [1.54, 1.807) is 0 Å². The normalized spacial score (nSPS) is 15.6. The Labute approximate surface area is 96.0 Å². The first-order chi connectivity index (χ1) is 7.66. The zero-order valence-electron chi connectivity index (χ0n) is 9.62. The fraction of sp³-hybridized carbons (Fsp3) is 0.462. The van der Waals surface area contributed by atoms with E-state index in [4.69, 9.17) is 5.73 Å². The summed E-state index contributed by atoms with van der Waals surface area (Å²) in [5.74, 6) is 0.677. The monoisotopic (exact) mass is 218 g/mol. The molecule has 1 aromatic rings. The molecule has 1 fully saturated rings. The molecule has 0 spiro atoms. The predicted molar refractivity (Wildman–Crippen MR) is 66.2 cm³/mol. The Hall–Kier alpha value is -1.51. The molecule has 1 aromatic carbocycles. The summed E-state index contributed by atoms with van der Waals surface area (Å²) in [5.41, 5.74) is 8.26. The lowest BCUT2D eigenvalue weighted by atomic mass is 9.83. The molecule has 3 nitrogen and oxygen atoms in total. The van der Waals surface area contributed by atoms with Crippen LogP contribution in [0.5, 0.6) is 0 Å². The van der Waals surface area contributed by atoms with Crippen LogP contribution in [0.2, 0.25) is 0 Å². The van der Waals surface area contributed by atoms with Crippen molar-refractivity contribution in [2.75, 3.05) is 11.1 Å². The standard InChI is InChI=1S/C13H18N2O/c1-9-4-2-7-11(14)13(9)15-12(16)8-10-5-3-6-10/h2,4,7,10H,3,5-6,8,14H2,1H3,(H,15,16). The molecule has 0 radical (unpaired) electrons. The predicted octanol–water partition coefficient (Wildman–Crippen LogP) is 2.71. The van der Waals surface area contributed by atoms with E-state index in [0.29, 0.717) is 18.0 Å². The van der Waals surface area contributed by atoms with E-state index in [1.807, 2.05) is 25.1 Å². The van der Waals surface area contributed by atoms with E-state index in [9.17, 15) is 4.79 Å². The number of benzene rings is 1. The highest BCUT2D eigenvalue weighted by molar-refractivity contribution is 5.95. The third-order valence-corrected chi connectivity index (χ3v) is 3.27. The number of aryl methyl sites for hydroxylation is 1. The van der Waals surface area contributed by atoms with Crippen LogP contribution in [-0.4, -0.2) is 5.91 Å². The zero-order valence-corrected chi connectivity index (χ0v) is 9.62. The minimum absolute atomic E-state index is 0.0886. The Morgan fingerprint density at radius 2 is 2.25 bits per heavy atom. The second kappa shape index (κ2) is 4.56. The molecule has 86 valence electrons. The van der Waals surface area contributed by atoms with Gasteiger partial charge in [0.25, 0.3) is 0 Å². The van der Waals surface area contributed by atoms with Gasteiger partial charge in [-0.2, -0.15) is 0 Å². The highest BCUT2D eigenvalue weighted by Crippen LogP contribution is 2.30. The highest BCUT2D eigenvalue weighted by Gasteiger charge is 2.21. The lowest BCUT2D eigenvalue weighted by Crippen LogP contribution is -2.21. The SMILES string of the molecule is Cc1cccc(N)c1NC(=O)CC1CCC1. The van der Waals surface area contributed by atoms with Crippen LogP contribution in [-0.2, 0) is 4.79 Å². The number of anilines is 2. The van der Waals surface area contributed by atoms with Crippen molar-refractivity contribution in [1.29, 1.82) is 0 Å². The lowest BCUT2D eigenvalue weighted by Gasteiger charge is -2.24. The number of nitrogens with one attached hydrogen (secondary N) is 1. The largest absolute Gasteiger partial charge is 0.397 e. The van der Waals surface area contributed by atoms with Crippen molar-refractivity contribution in [2.45, 2.75) is 32.6 Å². The van der Waals surface area contributed by atoms with Gasteiger partial charge < -0.3 is 11.1 Å². The first-order valence-corrected chi connectivity index (χ1v) is 5.82. The summed E-state index contributed by atoms with van der Waals surface area (Å²) in [6.07, 6.45) is 4.28. The smallest absolute Gasteiger partial charge is 0.224 e. The maximum atomic E-state index is 11.8. The number of hydrogen-bond donors (Lipinski definition) is 2. The molecule has 16 heavy (non-hydrogen) atoms. The van der Waals surface area contributed by atoms with E-state index >= 15 is 0 Å². The van der Waals surface area contributed by atoms with Crippen molar-refractivity contribution in [2.24, 2.45) is 5.92 Å². The third-order valence-electron chi connectivity index (χ3n) is 3.27. The van der Waals surface area contributed by atoms with Crippen LogP contribution in [0.4, 0.5) is 11.4 Å². The van der Waals surface area contributed by atoms with Gasteiger partial charge in [0.15, 0.2) is 0 Å². The molecular formula is C13H18N2O. The topological polar surface area (TPSA) is 55.1 Å². The Balaban J connectivity index is 1.99. The molecule has 0 unspecified atom stereocenters. The molecule has 3 heteroatoms. The Bertz CT molecular complexity index is 377. The number of amides is 1.